The van der Waals surface area contributed by atoms with Gasteiger partial charge in [0.25, 0.3) is 0 Å². The standard InChI is InChI=1S/C15H22O3/c1-3-9-18-14-6-4-13(5-7-14)15(16)8-10-17-11-12(15)2/h4-7,12,16H,3,8-11H2,1-2H3. The normalized spacial score (nSPS) is 28.1. The van der Waals surface area contributed by atoms with Gasteiger partial charge in [-0.1, -0.05) is 26.0 Å². The van der Waals surface area contributed by atoms with Crippen molar-refractivity contribution in [2.75, 3.05) is 19.8 Å². The number of hydrogen-bond donors (Lipinski definition) is 1. The summed E-state index contributed by atoms with van der Waals surface area (Å²) in [5, 5.41) is 10.8. The van der Waals surface area contributed by atoms with Gasteiger partial charge in [0.05, 0.1) is 18.8 Å². The van der Waals surface area contributed by atoms with E-state index in [-0.39, 0.29) is 5.92 Å². The van der Waals surface area contributed by atoms with E-state index in [1.165, 1.54) is 0 Å². The van der Waals surface area contributed by atoms with E-state index >= 15 is 0 Å². The predicted octanol–water partition coefficient (Wildman–Crippen LogP) is 2.72. The van der Waals surface area contributed by atoms with E-state index in [0.29, 0.717) is 19.6 Å². The van der Waals surface area contributed by atoms with Crippen molar-refractivity contribution in [1.82, 2.24) is 0 Å². The highest BCUT2D eigenvalue weighted by atomic mass is 16.5. The summed E-state index contributed by atoms with van der Waals surface area (Å²) in [5.41, 5.74) is 0.198. The molecule has 1 aliphatic rings. The second kappa shape index (κ2) is 5.72. The first-order valence-corrected chi connectivity index (χ1v) is 6.70. The van der Waals surface area contributed by atoms with Gasteiger partial charge >= 0.3 is 0 Å². The molecule has 1 fully saturated rings. The molecule has 2 rings (SSSR count). The van der Waals surface area contributed by atoms with Crippen LogP contribution in [0.15, 0.2) is 24.3 Å². The molecule has 1 aromatic carbocycles. The van der Waals surface area contributed by atoms with Crippen molar-refractivity contribution in [2.24, 2.45) is 5.92 Å². The molecule has 0 aromatic heterocycles. The lowest BCUT2D eigenvalue weighted by atomic mass is 9.79. The quantitative estimate of drug-likeness (QED) is 0.893. The number of ether oxygens (including phenoxy) is 2. The van der Waals surface area contributed by atoms with Crippen LogP contribution in [-0.4, -0.2) is 24.9 Å². The first kappa shape index (κ1) is 13.4. The molecule has 0 saturated carbocycles. The fourth-order valence-corrected chi connectivity index (χ4v) is 2.36. The van der Waals surface area contributed by atoms with E-state index in [0.717, 1.165) is 24.3 Å². The highest BCUT2D eigenvalue weighted by Gasteiger charge is 2.38. The molecule has 0 aliphatic carbocycles. The van der Waals surface area contributed by atoms with Crippen molar-refractivity contribution in [1.29, 1.82) is 0 Å². The minimum atomic E-state index is -0.762. The first-order valence-electron chi connectivity index (χ1n) is 6.70. The Morgan fingerprint density at radius 3 is 2.72 bits per heavy atom. The minimum absolute atomic E-state index is 0.119. The summed E-state index contributed by atoms with van der Waals surface area (Å²) in [7, 11) is 0. The van der Waals surface area contributed by atoms with Crippen LogP contribution in [0.1, 0.15) is 32.3 Å². The van der Waals surface area contributed by atoms with Gasteiger partial charge in [0, 0.05) is 18.9 Å². The molecule has 2 atom stereocenters. The van der Waals surface area contributed by atoms with E-state index in [1.54, 1.807) is 0 Å². The number of aliphatic hydroxyl groups is 1. The lowest BCUT2D eigenvalue weighted by Crippen LogP contribution is -2.41. The second-order valence-electron chi connectivity index (χ2n) is 5.02. The molecule has 3 nitrogen and oxygen atoms in total. The summed E-state index contributed by atoms with van der Waals surface area (Å²) in [6, 6.07) is 7.80. The maximum atomic E-state index is 10.8. The summed E-state index contributed by atoms with van der Waals surface area (Å²) in [4.78, 5) is 0. The molecule has 18 heavy (non-hydrogen) atoms. The van der Waals surface area contributed by atoms with Crippen LogP contribution in [0, 0.1) is 5.92 Å². The van der Waals surface area contributed by atoms with Gasteiger partial charge in [-0.25, -0.2) is 0 Å². The van der Waals surface area contributed by atoms with E-state index in [9.17, 15) is 5.11 Å². The SMILES string of the molecule is CCCOc1ccc(C2(O)CCOCC2C)cc1. The molecule has 0 bridgehead atoms. The van der Waals surface area contributed by atoms with Crippen LogP contribution in [0.25, 0.3) is 0 Å². The average molecular weight is 250 g/mol. The van der Waals surface area contributed by atoms with Crippen LogP contribution in [0.3, 0.4) is 0 Å². The Morgan fingerprint density at radius 1 is 1.39 bits per heavy atom. The van der Waals surface area contributed by atoms with E-state index in [4.69, 9.17) is 9.47 Å². The van der Waals surface area contributed by atoms with Gasteiger partial charge in [-0.2, -0.15) is 0 Å². The summed E-state index contributed by atoms with van der Waals surface area (Å²) in [6.45, 7) is 6.08. The van der Waals surface area contributed by atoms with Crippen LogP contribution in [0.5, 0.6) is 5.75 Å². The van der Waals surface area contributed by atoms with Crippen LogP contribution in [-0.2, 0) is 10.3 Å². The molecule has 0 spiro atoms. The van der Waals surface area contributed by atoms with Gasteiger partial charge in [-0.05, 0) is 24.1 Å². The van der Waals surface area contributed by atoms with Gasteiger partial charge < -0.3 is 14.6 Å². The molecule has 2 unspecified atom stereocenters. The summed E-state index contributed by atoms with van der Waals surface area (Å²) >= 11 is 0. The predicted molar refractivity (Wildman–Crippen MR) is 70.7 cm³/mol. The number of rotatable bonds is 4. The summed E-state index contributed by atoms with van der Waals surface area (Å²) in [6.07, 6.45) is 1.66. The Hall–Kier alpha value is -1.06. The molecule has 1 heterocycles. The molecule has 100 valence electrons. The second-order valence-corrected chi connectivity index (χ2v) is 5.02. The zero-order chi connectivity index (χ0) is 13.0. The summed E-state index contributed by atoms with van der Waals surface area (Å²) in [5.74, 6) is 0.984. The van der Waals surface area contributed by atoms with Crippen molar-refractivity contribution in [3.8, 4) is 5.75 Å². The van der Waals surface area contributed by atoms with E-state index in [2.05, 4.69) is 6.92 Å². The van der Waals surface area contributed by atoms with Gasteiger partial charge in [0.15, 0.2) is 0 Å². The lowest BCUT2D eigenvalue weighted by molar-refractivity contribution is -0.111. The third kappa shape index (κ3) is 2.68. The van der Waals surface area contributed by atoms with Crippen LogP contribution < -0.4 is 4.74 Å². The maximum absolute atomic E-state index is 10.8. The topological polar surface area (TPSA) is 38.7 Å². The van der Waals surface area contributed by atoms with Gasteiger partial charge in [0.2, 0.25) is 0 Å². The number of benzene rings is 1. The molecule has 0 radical (unpaired) electrons. The van der Waals surface area contributed by atoms with Gasteiger partial charge in [-0.3, -0.25) is 0 Å². The van der Waals surface area contributed by atoms with Crippen molar-refractivity contribution in [3.05, 3.63) is 29.8 Å². The third-order valence-corrected chi connectivity index (χ3v) is 3.64. The Morgan fingerprint density at radius 2 is 2.11 bits per heavy atom. The smallest absolute Gasteiger partial charge is 0.119 e. The fourth-order valence-electron chi connectivity index (χ4n) is 2.36. The summed E-state index contributed by atoms with van der Waals surface area (Å²) < 4.78 is 10.9. The number of hydrogen-bond acceptors (Lipinski definition) is 3. The highest BCUT2D eigenvalue weighted by Crippen LogP contribution is 2.36. The molecular formula is C15H22O3. The highest BCUT2D eigenvalue weighted by molar-refractivity contribution is 5.31. The molecule has 3 heteroatoms. The Balaban J connectivity index is 2.12. The van der Waals surface area contributed by atoms with Crippen LogP contribution in [0.4, 0.5) is 0 Å². The fraction of sp³-hybridized carbons (Fsp3) is 0.600. The molecule has 1 saturated heterocycles. The zero-order valence-electron chi connectivity index (χ0n) is 11.2. The molecule has 1 N–H and O–H groups in total. The Labute approximate surface area is 109 Å². The van der Waals surface area contributed by atoms with Crippen molar-refractivity contribution in [2.45, 2.75) is 32.3 Å². The van der Waals surface area contributed by atoms with Crippen molar-refractivity contribution >= 4 is 0 Å². The minimum Gasteiger partial charge on any atom is -0.494 e. The molecule has 0 amide bonds. The van der Waals surface area contributed by atoms with Crippen molar-refractivity contribution in [3.63, 3.8) is 0 Å². The molecular weight excluding hydrogens is 228 g/mol. The first-order chi connectivity index (χ1) is 8.66. The van der Waals surface area contributed by atoms with Gasteiger partial charge in [0.1, 0.15) is 5.75 Å². The lowest BCUT2D eigenvalue weighted by Gasteiger charge is -2.38. The van der Waals surface area contributed by atoms with Crippen LogP contribution >= 0.6 is 0 Å². The van der Waals surface area contributed by atoms with Crippen molar-refractivity contribution < 1.29 is 14.6 Å². The molecule has 1 aromatic rings. The monoisotopic (exact) mass is 250 g/mol. The Kier molecular flexibility index (Phi) is 4.25. The maximum Gasteiger partial charge on any atom is 0.119 e. The van der Waals surface area contributed by atoms with Crippen LogP contribution in [0.2, 0.25) is 0 Å². The third-order valence-electron chi connectivity index (χ3n) is 3.64. The largest absolute Gasteiger partial charge is 0.494 e. The Bertz CT molecular complexity index is 374. The zero-order valence-corrected chi connectivity index (χ0v) is 11.2. The van der Waals surface area contributed by atoms with E-state index < -0.39 is 5.60 Å². The van der Waals surface area contributed by atoms with Gasteiger partial charge in [-0.15, -0.1) is 0 Å². The average Bonchev–Trinajstić information content (AvgIpc) is 2.40. The van der Waals surface area contributed by atoms with E-state index in [1.807, 2.05) is 31.2 Å². The molecule has 1 aliphatic heterocycles.